The number of likely N-dealkylation sites (tertiary alicyclic amines) is 2. The topological polar surface area (TPSA) is 61.9 Å². The molecule has 1 N–H and O–H groups in total. The van der Waals surface area contributed by atoms with Gasteiger partial charge in [0.2, 0.25) is 0 Å². The van der Waals surface area contributed by atoms with Gasteiger partial charge in [0.25, 0.3) is 5.91 Å². The minimum atomic E-state index is -0.394. The highest BCUT2D eigenvalue weighted by Crippen LogP contribution is 2.33. The molecule has 0 bridgehead atoms. The van der Waals surface area contributed by atoms with E-state index in [-0.39, 0.29) is 23.9 Å². The van der Waals surface area contributed by atoms with E-state index in [1.165, 1.54) is 12.8 Å². The predicted octanol–water partition coefficient (Wildman–Crippen LogP) is 0.426. The molecule has 3 fully saturated rings. The molecule has 0 radical (unpaired) electrons. The van der Waals surface area contributed by atoms with E-state index in [9.17, 15) is 9.59 Å². The predicted molar refractivity (Wildman–Crippen MR) is 73.2 cm³/mol. The van der Waals surface area contributed by atoms with Gasteiger partial charge in [-0.05, 0) is 12.8 Å². The first-order valence-electron chi connectivity index (χ1n) is 7.46. The Kier molecular flexibility index (Phi) is 3.58. The maximum absolute atomic E-state index is 12.3. The largest absolute Gasteiger partial charge is 0.371 e. The maximum Gasteiger partial charge on any atom is 0.317 e. The molecule has 0 unspecified atom stereocenters. The van der Waals surface area contributed by atoms with E-state index in [4.69, 9.17) is 4.74 Å². The van der Waals surface area contributed by atoms with Crippen LogP contribution in [0.5, 0.6) is 0 Å². The summed E-state index contributed by atoms with van der Waals surface area (Å²) in [5.41, 5.74) is 0. The Hall–Kier alpha value is -1.30. The van der Waals surface area contributed by atoms with Gasteiger partial charge in [-0.25, -0.2) is 4.79 Å². The van der Waals surface area contributed by atoms with Crippen molar-refractivity contribution in [2.24, 2.45) is 5.92 Å². The number of hydrogen-bond acceptors (Lipinski definition) is 3. The number of hydrogen-bond donors (Lipinski definition) is 1. The highest BCUT2D eigenvalue weighted by atomic mass is 16.5. The minimum Gasteiger partial charge on any atom is -0.371 e. The Bertz CT molecular complexity index is 408. The Morgan fingerprint density at radius 2 is 2.00 bits per heavy atom. The van der Waals surface area contributed by atoms with Crippen LogP contribution in [0.25, 0.3) is 0 Å². The number of ether oxygens (including phenoxy) is 1. The molecule has 6 heteroatoms. The lowest BCUT2D eigenvalue weighted by Gasteiger charge is -2.23. The molecule has 0 aromatic carbocycles. The zero-order valence-corrected chi connectivity index (χ0v) is 12.2. The Morgan fingerprint density at radius 1 is 1.30 bits per heavy atom. The van der Waals surface area contributed by atoms with E-state index >= 15 is 0 Å². The second-order valence-corrected chi connectivity index (χ2v) is 6.17. The van der Waals surface area contributed by atoms with Gasteiger partial charge in [0.1, 0.15) is 6.10 Å². The summed E-state index contributed by atoms with van der Waals surface area (Å²) in [6.07, 6.45) is 4.20. The fourth-order valence-corrected chi connectivity index (χ4v) is 3.84. The summed E-state index contributed by atoms with van der Waals surface area (Å²) in [6.45, 7) is 1.23. The third-order valence-corrected chi connectivity index (χ3v) is 5.03. The number of methoxy groups -OCH3 is 1. The van der Waals surface area contributed by atoms with Crippen LogP contribution in [0, 0.1) is 5.92 Å². The molecule has 2 heterocycles. The number of carbonyl (C=O) groups excluding carboxylic acids is 2. The molecule has 0 aromatic rings. The monoisotopic (exact) mass is 281 g/mol. The fourth-order valence-electron chi connectivity index (χ4n) is 3.84. The summed E-state index contributed by atoms with van der Waals surface area (Å²) in [6, 6.07) is 0.448. The van der Waals surface area contributed by atoms with E-state index < -0.39 is 6.10 Å². The Morgan fingerprint density at radius 3 is 2.65 bits per heavy atom. The summed E-state index contributed by atoms with van der Waals surface area (Å²) in [5.74, 6) is 0.144. The molecule has 1 saturated carbocycles. The van der Waals surface area contributed by atoms with Crippen molar-refractivity contribution < 1.29 is 14.3 Å². The van der Waals surface area contributed by atoms with Crippen molar-refractivity contribution >= 4 is 11.9 Å². The van der Waals surface area contributed by atoms with Crippen LogP contribution in [0.3, 0.4) is 0 Å². The smallest absolute Gasteiger partial charge is 0.317 e. The third kappa shape index (κ3) is 2.16. The van der Waals surface area contributed by atoms with Crippen molar-refractivity contribution in [2.45, 2.75) is 43.9 Å². The van der Waals surface area contributed by atoms with E-state index in [2.05, 4.69) is 5.32 Å². The van der Waals surface area contributed by atoms with Crippen LogP contribution in [-0.2, 0) is 9.53 Å². The summed E-state index contributed by atoms with van der Waals surface area (Å²) < 4.78 is 5.32. The van der Waals surface area contributed by atoms with Gasteiger partial charge in [-0.2, -0.15) is 0 Å². The molecular formula is C14H23N3O3. The lowest BCUT2D eigenvalue weighted by molar-refractivity contribution is -0.136. The van der Waals surface area contributed by atoms with Crippen LogP contribution < -0.4 is 5.32 Å². The quantitative estimate of drug-likeness (QED) is 0.798. The molecule has 1 aliphatic carbocycles. The number of rotatable bonds is 2. The van der Waals surface area contributed by atoms with Gasteiger partial charge in [0.05, 0.1) is 6.04 Å². The van der Waals surface area contributed by atoms with Crippen molar-refractivity contribution in [3.63, 3.8) is 0 Å². The number of amides is 3. The number of fused-ring (bicyclic) bond motifs is 1. The molecule has 2 aliphatic heterocycles. The second-order valence-electron chi connectivity index (χ2n) is 6.17. The summed E-state index contributed by atoms with van der Waals surface area (Å²) in [5, 5.41) is 3.11. The molecule has 0 spiro atoms. The van der Waals surface area contributed by atoms with Gasteiger partial charge in [0.15, 0.2) is 0 Å². The van der Waals surface area contributed by atoms with Crippen molar-refractivity contribution in [2.75, 3.05) is 27.2 Å². The van der Waals surface area contributed by atoms with Gasteiger partial charge in [-0.15, -0.1) is 0 Å². The average Bonchev–Trinajstić information content (AvgIpc) is 3.11. The number of nitrogens with one attached hydrogen (secondary N) is 1. The van der Waals surface area contributed by atoms with Gasteiger partial charge >= 0.3 is 6.03 Å². The molecule has 3 rings (SSSR count). The lowest BCUT2D eigenvalue weighted by atomic mass is 10.0. The highest BCUT2D eigenvalue weighted by molar-refractivity contribution is 5.85. The molecule has 6 nitrogen and oxygen atoms in total. The molecule has 0 aromatic heterocycles. The molecule has 3 aliphatic rings. The van der Waals surface area contributed by atoms with E-state index in [0.29, 0.717) is 19.1 Å². The third-order valence-electron chi connectivity index (χ3n) is 5.03. The normalized spacial score (nSPS) is 33.9. The molecular weight excluding hydrogens is 258 g/mol. The first-order valence-corrected chi connectivity index (χ1v) is 7.46. The number of likely N-dealkylation sites (N-methyl/N-ethyl adjacent to an activating group) is 1. The first kappa shape index (κ1) is 13.7. The van der Waals surface area contributed by atoms with Gasteiger partial charge < -0.3 is 19.9 Å². The van der Waals surface area contributed by atoms with E-state index in [1.807, 2.05) is 4.90 Å². The number of carbonyl (C=O) groups is 2. The van der Waals surface area contributed by atoms with Gasteiger partial charge in [-0.3, -0.25) is 4.79 Å². The zero-order valence-electron chi connectivity index (χ0n) is 12.2. The van der Waals surface area contributed by atoms with Crippen LogP contribution in [0.15, 0.2) is 0 Å². The first-order chi connectivity index (χ1) is 9.61. The SMILES string of the molecule is CO[C@@H]1C(=O)N(C)[C@@H]2CN(C(=O)NC3CCCC3)C[C@H]12. The van der Waals surface area contributed by atoms with Crippen molar-refractivity contribution in [1.29, 1.82) is 0 Å². The molecule has 20 heavy (non-hydrogen) atoms. The Balaban J connectivity index is 1.62. The molecule has 3 amide bonds. The summed E-state index contributed by atoms with van der Waals surface area (Å²) >= 11 is 0. The van der Waals surface area contributed by atoms with Crippen molar-refractivity contribution in [3.05, 3.63) is 0 Å². The summed E-state index contributed by atoms with van der Waals surface area (Å²) in [7, 11) is 3.37. The van der Waals surface area contributed by atoms with Gasteiger partial charge in [0, 0.05) is 39.2 Å². The zero-order chi connectivity index (χ0) is 14.3. The molecule has 2 saturated heterocycles. The molecule has 3 atom stereocenters. The number of urea groups is 1. The standard InChI is InChI=1S/C14H23N3O3/c1-16-11-8-17(7-10(11)12(20-2)13(16)18)14(19)15-9-5-3-4-6-9/h9-12H,3-8H2,1-2H3,(H,15,19)/t10-,11+,12-/m0/s1. The van der Waals surface area contributed by atoms with E-state index in [1.54, 1.807) is 19.1 Å². The van der Waals surface area contributed by atoms with E-state index in [0.717, 1.165) is 12.8 Å². The fraction of sp³-hybridized carbons (Fsp3) is 0.857. The average molecular weight is 281 g/mol. The van der Waals surface area contributed by atoms with Crippen molar-refractivity contribution in [1.82, 2.24) is 15.1 Å². The maximum atomic E-state index is 12.3. The second kappa shape index (κ2) is 5.24. The minimum absolute atomic E-state index is 0.0157. The number of nitrogens with zero attached hydrogens (tertiary/aromatic N) is 2. The molecule has 112 valence electrons. The van der Waals surface area contributed by atoms with Crippen LogP contribution in [0.2, 0.25) is 0 Å². The summed E-state index contributed by atoms with van der Waals surface area (Å²) in [4.78, 5) is 27.8. The van der Waals surface area contributed by atoms with Crippen LogP contribution in [0.4, 0.5) is 4.79 Å². The lowest BCUT2D eigenvalue weighted by Crippen LogP contribution is -2.45. The van der Waals surface area contributed by atoms with Gasteiger partial charge in [-0.1, -0.05) is 12.8 Å². The van der Waals surface area contributed by atoms with Crippen molar-refractivity contribution in [3.8, 4) is 0 Å². The van der Waals surface area contributed by atoms with Crippen LogP contribution in [0.1, 0.15) is 25.7 Å². The van der Waals surface area contributed by atoms with Crippen LogP contribution in [-0.4, -0.2) is 67.2 Å². The highest BCUT2D eigenvalue weighted by Gasteiger charge is 2.52. The van der Waals surface area contributed by atoms with Crippen LogP contribution >= 0.6 is 0 Å². The Labute approximate surface area is 119 Å².